The van der Waals surface area contributed by atoms with E-state index in [0.717, 1.165) is 23.7 Å². The van der Waals surface area contributed by atoms with E-state index in [1.807, 2.05) is 0 Å². The van der Waals surface area contributed by atoms with Crippen LogP contribution in [-0.4, -0.2) is 0 Å². The zero-order valence-electron chi connectivity index (χ0n) is 13.3. The van der Waals surface area contributed by atoms with Gasteiger partial charge in [0, 0.05) is 0 Å². The van der Waals surface area contributed by atoms with Gasteiger partial charge in [0.25, 0.3) is 0 Å². The van der Waals surface area contributed by atoms with Crippen LogP contribution in [0, 0.1) is 85.9 Å². The summed E-state index contributed by atoms with van der Waals surface area (Å²) in [6.45, 7) is 0. The molecule has 0 spiro atoms. The Balaban J connectivity index is 0.000000101. The van der Waals surface area contributed by atoms with Gasteiger partial charge in [-0.15, -0.1) is 0 Å². The Hall–Kier alpha value is 1.29. The van der Waals surface area contributed by atoms with Gasteiger partial charge in [-0.05, 0) is 124 Å². The number of fused-ring (bicyclic) bond motifs is 10. The molecule has 4 atom stereocenters. The zero-order chi connectivity index (χ0) is 15.8. The first kappa shape index (κ1) is 17.7. The molecule has 0 N–H and O–H groups in total. The first-order valence-corrected chi connectivity index (χ1v) is 13.1. The Morgan fingerprint density at radius 1 is 0.609 bits per heavy atom. The molecule has 6 aliphatic rings. The maximum absolute atomic E-state index is 4.89. The molecule has 0 aromatic rings. The van der Waals surface area contributed by atoms with Crippen LogP contribution < -0.4 is 0 Å². The van der Waals surface area contributed by atoms with Gasteiger partial charge in [-0.25, -0.2) is 0 Å². The zero-order valence-corrected chi connectivity index (χ0v) is 16.3. The summed E-state index contributed by atoms with van der Waals surface area (Å²) in [5.41, 5.74) is 0. The number of hydrogen-bond donors (Lipinski definition) is 0. The number of halogens is 2. The van der Waals surface area contributed by atoms with Crippen LogP contribution in [0.1, 0.15) is 38.5 Å². The van der Waals surface area contributed by atoms with Gasteiger partial charge >= 0.3 is 35.6 Å². The molecule has 6 aliphatic carbocycles. The summed E-state index contributed by atoms with van der Waals surface area (Å²) in [6, 6.07) is 0. The Labute approximate surface area is 159 Å². The van der Waals surface area contributed by atoms with Crippen molar-refractivity contribution in [2.75, 3.05) is 0 Å². The third-order valence-corrected chi connectivity index (χ3v) is 6.39. The molecular formula is C20H22Cl2Ti. The Bertz CT molecular complexity index is 333. The molecule has 4 bridgehead atoms. The van der Waals surface area contributed by atoms with Gasteiger partial charge in [-0.3, -0.25) is 0 Å². The van der Waals surface area contributed by atoms with Crippen LogP contribution in [-0.2, 0) is 17.0 Å². The molecule has 0 saturated heterocycles. The van der Waals surface area contributed by atoms with Crippen LogP contribution in [0.2, 0.25) is 0 Å². The topological polar surface area (TPSA) is 0 Å². The van der Waals surface area contributed by atoms with E-state index in [2.05, 4.69) is 38.5 Å². The molecule has 0 aliphatic heterocycles. The van der Waals surface area contributed by atoms with Crippen molar-refractivity contribution in [1.29, 1.82) is 0 Å². The standard InChI is InChI=1S/2C10H11.2ClH.Ti/c2*1-2-9-7-4-5-8(6-7)10(9)3-1;;;/h2*1-3,7-8H,4-6H2;2*1H;/q;;;;+2/p-2. The van der Waals surface area contributed by atoms with Crippen LogP contribution in [0.15, 0.2) is 0 Å². The van der Waals surface area contributed by atoms with E-state index in [1.165, 1.54) is 38.5 Å². The van der Waals surface area contributed by atoms with Crippen LogP contribution in [0.5, 0.6) is 0 Å². The molecule has 0 aromatic carbocycles. The monoisotopic (exact) mass is 380 g/mol. The van der Waals surface area contributed by atoms with E-state index in [4.69, 9.17) is 18.6 Å². The number of rotatable bonds is 0. The van der Waals surface area contributed by atoms with E-state index in [9.17, 15) is 0 Å². The molecule has 0 aromatic heterocycles. The van der Waals surface area contributed by atoms with Crippen LogP contribution in [0.3, 0.4) is 0 Å². The summed E-state index contributed by atoms with van der Waals surface area (Å²) < 4.78 is 0. The molecule has 0 amide bonds. The fourth-order valence-electron chi connectivity index (χ4n) is 5.48. The first-order valence-electron chi connectivity index (χ1n) is 8.79. The molecule has 0 nitrogen and oxygen atoms in total. The van der Waals surface area contributed by atoms with Crippen molar-refractivity contribution in [2.24, 2.45) is 23.7 Å². The van der Waals surface area contributed by atoms with Gasteiger partial charge in [0.2, 0.25) is 0 Å². The molecule has 6 rings (SSSR count). The van der Waals surface area contributed by atoms with Crippen LogP contribution in [0.25, 0.3) is 0 Å². The number of hydrogen-bond acceptors (Lipinski definition) is 0. The predicted octanol–water partition coefficient (Wildman–Crippen LogP) is 5.76. The van der Waals surface area contributed by atoms with Crippen LogP contribution in [0.4, 0.5) is 0 Å². The van der Waals surface area contributed by atoms with Crippen molar-refractivity contribution in [3.8, 4) is 0 Å². The molecule has 10 radical (unpaired) electrons. The van der Waals surface area contributed by atoms with Gasteiger partial charge in [0.1, 0.15) is 0 Å². The summed E-state index contributed by atoms with van der Waals surface area (Å²) in [6.07, 6.45) is 22.5. The summed E-state index contributed by atoms with van der Waals surface area (Å²) in [5, 5.41) is 0. The fraction of sp³-hybridized carbons (Fsp3) is 0.500. The van der Waals surface area contributed by atoms with Crippen LogP contribution >= 0.6 is 18.6 Å². The molecule has 0 heterocycles. The van der Waals surface area contributed by atoms with E-state index < -0.39 is 17.0 Å². The second-order valence-corrected chi connectivity index (χ2v) is 9.94. The minimum absolute atomic E-state index is 0.556. The van der Waals surface area contributed by atoms with E-state index >= 15 is 0 Å². The fourth-order valence-corrected chi connectivity index (χ4v) is 5.48. The molecule has 6 saturated carbocycles. The summed E-state index contributed by atoms with van der Waals surface area (Å²) in [5.74, 6) is 10.5. The second kappa shape index (κ2) is 7.90. The summed E-state index contributed by atoms with van der Waals surface area (Å²) >= 11 is -0.556. The van der Waals surface area contributed by atoms with Crippen molar-refractivity contribution in [3.63, 3.8) is 0 Å². The van der Waals surface area contributed by atoms with Gasteiger partial charge in [0.05, 0.1) is 0 Å². The van der Waals surface area contributed by atoms with E-state index in [-0.39, 0.29) is 0 Å². The molecule has 4 unspecified atom stereocenters. The Kier molecular flexibility index (Phi) is 6.07. The SMILES string of the molecule is [CH]1[CH][C]2[C]([CH]1)C1CCC2C1.[CH]1[CH][C]2[C]([CH]1)C1CCC2C1.[Cl][Ti][Cl]. The van der Waals surface area contributed by atoms with Crippen molar-refractivity contribution >= 4 is 18.6 Å². The minimum atomic E-state index is -0.556. The average Bonchev–Trinajstić information content (AvgIpc) is 3.39. The quantitative estimate of drug-likeness (QED) is 0.468. The summed E-state index contributed by atoms with van der Waals surface area (Å²) in [7, 11) is 9.78. The van der Waals surface area contributed by atoms with Crippen molar-refractivity contribution in [2.45, 2.75) is 38.5 Å². The molecular weight excluding hydrogens is 359 g/mol. The summed E-state index contributed by atoms with van der Waals surface area (Å²) in [4.78, 5) is 0. The van der Waals surface area contributed by atoms with Gasteiger partial charge in [0.15, 0.2) is 0 Å². The van der Waals surface area contributed by atoms with Gasteiger partial charge in [-0.2, -0.15) is 0 Å². The third-order valence-electron chi connectivity index (χ3n) is 6.39. The maximum atomic E-state index is 4.89. The van der Waals surface area contributed by atoms with Gasteiger partial charge in [-0.1, -0.05) is 0 Å². The molecule has 3 heteroatoms. The van der Waals surface area contributed by atoms with Crippen molar-refractivity contribution < 1.29 is 17.0 Å². The Morgan fingerprint density at radius 2 is 0.870 bits per heavy atom. The molecule has 6 fully saturated rings. The van der Waals surface area contributed by atoms with Gasteiger partial charge < -0.3 is 0 Å². The first-order chi connectivity index (χ1) is 11.3. The van der Waals surface area contributed by atoms with E-state index in [0.29, 0.717) is 0 Å². The average molecular weight is 381 g/mol. The normalized spacial score (nSPS) is 41.3. The Morgan fingerprint density at radius 3 is 1.13 bits per heavy atom. The molecule has 23 heavy (non-hydrogen) atoms. The third kappa shape index (κ3) is 3.45. The second-order valence-electron chi connectivity index (χ2n) is 7.36. The molecule has 120 valence electrons. The van der Waals surface area contributed by atoms with Crippen molar-refractivity contribution in [3.05, 3.63) is 62.2 Å². The van der Waals surface area contributed by atoms with Crippen molar-refractivity contribution in [1.82, 2.24) is 0 Å². The van der Waals surface area contributed by atoms with E-state index in [1.54, 1.807) is 23.7 Å². The predicted molar refractivity (Wildman–Crippen MR) is 92.1 cm³/mol.